The van der Waals surface area contributed by atoms with Crippen LogP contribution in [0.5, 0.6) is 0 Å². The Morgan fingerprint density at radius 3 is 2.46 bits per heavy atom. The Balaban J connectivity index is 1.82. The van der Waals surface area contributed by atoms with Crippen LogP contribution in [-0.4, -0.2) is 34.6 Å². The first-order chi connectivity index (χ1) is 17.4. The van der Waals surface area contributed by atoms with Gasteiger partial charge in [-0.2, -0.15) is 0 Å². The van der Waals surface area contributed by atoms with Gasteiger partial charge in [0.05, 0.1) is 12.0 Å². The van der Waals surface area contributed by atoms with Crippen LogP contribution in [0.2, 0.25) is 0 Å². The molecule has 1 atom stereocenters. The van der Waals surface area contributed by atoms with Gasteiger partial charge in [0.25, 0.3) is 17.7 Å². The van der Waals surface area contributed by atoms with Crippen LogP contribution in [0.25, 0.3) is 0 Å². The molecule has 1 fully saturated rings. The quantitative estimate of drug-likeness (QED) is 0.308. The average Bonchev–Trinajstić information content (AvgIpc) is 2.84. The second-order valence-electron chi connectivity index (χ2n) is 8.64. The van der Waals surface area contributed by atoms with Crippen LogP contribution in [0.4, 0.5) is 20.2 Å². The Labute approximate surface area is 212 Å². The number of hydrogen-bond donors (Lipinski definition) is 2. The highest BCUT2D eigenvalue weighted by Gasteiger charge is 2.36. The normalized spacial score (nSPS) is 15.9. The molecule has 3 N–H and O–H groups in total. The van der Waals surface area contributed by atoms with Gasteiger partial charge in [0.1, 0.15) is 11.7 Å². The molecule has 194 valence electrons. The minimum atomic E-state index is -2.95. The number of anilines is 1. The van der Waals surface area contributed by atoms with Crippen LogP contribution in [0.15, 0.2) is 65.0 Å². The van der Waals surface area contributed by atoms with Crippen LogP contribution < -0.4 is 11.1 Å². The van der Waals surface area contributed by atoms with E-state index < -0.39 is 35.6 Å². The molecule has 37 heavy (non-hydrogen) atoms. The molecule has 0 aliphatic carbocycles. The molecule has 0 bridgehead atoms. The Morgan fingerprint density at radius 2 is 1.86 bits per heavy atom. The standard InChI is InChI=1S/C26H27F2N5O4/c1-4-26(27,28)17-10-8-16(9-11-17)14-22(35)32-31-19-7-5-6-18(29)23(19)25(37)33(15(2)3)20-12-13-21(34)30-24(20)36/h5-11,20H,2,4,12-14,29H2,1,3H3,(H,30,34,36). The maximum absolute atomic E-state index is 13.8. The van der Waals surface area contributed by atoms with Gasteiger partial charge in [-0.15, -0.1) is 10.2 Å². The van der Waals surface area contributed by atoms with Crippen LogP contribution in [-0.2, 0) is 26.7 Å². The van der Waals surface area contributed by atoms with Crippen molar-refractivity contribution in [3.05, 3.63) is 71.4 Å². The van der Waals surface area contributed by atoms with Gasteiger partial charge in [-0.3, -0.25) is 24.5 Å². The van der Waals surface area contributed by atoms with Gasteiger partial charge in [0, 0.05) is 29.8 Å². The summed E-state index contributed by atoms with van der Waals surface area (Å²) in [5.74, 6) is -5.38. The number of nitrogen functional groups attached to an aromatic ring is 1. The predicted molar refractivity (Wildman–Crippen MR) is 132 cm³/mol. The predicted octanol–water partition coefficient (Wildman–Crippen LogP) is 4.40. The zero-order valence-electron chi connectivity index (χ0n) is 20.5. The molecule has 1 heterocycles. The average molecular weight is 512 g/mol. The lowest BCUT2D eigenvalue weighted by Gasteiger charge is -2.33. The lowest BCUT2D eigenvalue weighted by Crippen LogP contribution is -2.53. The number of carbonyl (C=O) groups is 4. The zero-order valence-corrected chi connectivity index (χ0v) is 20.5. The van der Waals surface area contributed by atoms with E-state index in [1.54, 1.807) is 0 Å². The molecule has 0 radical (unpaired) electrons. The molecule has 1 unspecified atom stereocenters. The largest absolute Gasteiger partial charge is 0.398 e. The first kappa shape index (κ1) is 27.3. The molecule has 2 aromatic carbocycles. The number of piperidine rings is 1. The summed E-state index contributed by atoms with van der Waals surface area (Å²) in [6.07, 6.45) is -0.376. The van der Waals surface area contributed by atoms with E-state index in [9.17, 15) is 28.0 Å². The number of allylic oxidation sites excluding steroid dienone is 1. The van der Waals surface area contributed by atoms with Crippen molar-refractivity contribution in [2.75, 3.05) is 5.73 Å². The van der Waals surface area contributed by atoms with Crippen molar-refractivity contribution in [1.29, 1.82) is 0 Å². The van der Waals surface area contributed by atoms with Crippen molar-refractivity contribution in [2.24, 2.45) is 10.2 Å². The summed E-state index contributed by atoms with van der Waals surface area (Å²) in [5, 5.41) is 9.79. The molecule has 1 aliphatic heterocycles. The molecule has 11 heteroatoms. The molecule has 4 amide bonds. The molecule has 0 aromatic heterocycles. The number of alkyl halides is 2. The van der Waals surface area contributed by atoms with E-state index in [1.165, 1.54) is 56.3 Å². The summed E-state index contributed by atoms with van der Waals surface area (Å²) < 4.78 is 27.6. The highest BCUT2D eigenvalue weighted by molar-refractivity contribution is 6.08. The number of imide groups is 1. The molecular weight excluding hydrogens is 484 g/mol. The molecule has 1 saturated heterocycles. The summed E-state index contributed by atoms with van der Waals surface area (Å²) in [5.41, 5.74) is 6.58. The van der Waals surface area contributed by atoms with Gasteiger partial charge in [-0.1, -0.05) is 43.8 Å². The van der Waals surface area contributed by atoms with Crippen LogP contribution in [0.1, 0.15) is 54.6 Å². The minimum Gasteiger partial charge on any atom is -0.398 e. The lowest BCUT2D eigenvalue weighted by atomic mass is 10.0. The number of nitrogens with one attached hydrogen (secondary N) is 1. The summed E-state index contributed by atoms with van der Waals surface area (Å²) in [6, 6.07) is 8.81. The van der Waals surface area contributed by atoms with Gasteiger partial charge < -0.3 is 10.6 Å². The van der Waals surface area contributed by atoms with Gasteiger partial charge in [0.2, 0.25) is 11.8 Å². The molecule has 1 aliphatic rings. The third kappa shape index (κ3) is 6.29. The number of nitrogens with two attached hydrogens (primary N) is 1. The molecule has 2 aromatic rings. The third-order valence-electron chi connectivity index (χ3n) is 5.89. The van der Waals surface area contributed by atoms with Gasteiger partial charge in [0.15, 0.2) is 0 Å². The monoisotopic (exact) mass is 511 g/mol. The number of nitrogens with zero attached hydrogens (tertiary/aromatic N) is 3. The maximum atomic E-state index is 13.8. The molecule has 3 rings (SSSR count). The summed E-state index contributed by atoms with van der Waals surface area (Å²) >= 11 is 0. The minimum absolute atomic E-state index is 0.00479. The SMILES string of the molecule is C=C(C)N(C(=O)c1c(N)cccc1N=NC(=O)Cc1ccc(C(F)(F)CC)cc1)C1CCC(=O)NC1=O. The Kier molecular flexibility index (Phi) is 8.26. The number of benzene rings is 2. The number of azo groups is 1. The fourth-order valence-corrected chi connectivity index (χ4v) is 3.89. The van der Waals surface area contributed by atoms with E-state index in [2.05, 4.69) is 22.1 Å². The van der Waals surface area contributed by atoms with Crippen molar-refractivity contribution in [1.82, 2.24) is 10.2 Å². The summed E-state index contributed by atoms with van der Waals surface area (Å²) in [7, 11) is 0. The summed E-state index contributed by atoms with van der Waals surface area (Å²) in [4.78, 5) is 51.0. The molecule has 9 nitrogen and oxygen atoms in total. The van der Waals surface area contributed by atoms with Crippen LogP contribution in [0, 0.1) is 0 Å². The smallest absolute Gasteiger partial charge is 0.273 e. The van der Waals surface area contributed by atoms with Crippen molar-refractivity contribution >= 4 is 35.0 Å². The molecular formula is C26H27F2N5O4. The van der Waals surface area contributed by atoms with Crippen molar-refractivity contribution in [3.63, 3.8) is 0 Å². The fourth-order valence-electron chi connectivity index (χ4n) is 3.89. The Bertz CT molecular complexity index is 1270. The van der Waals surface area contributed by atoms with Crippen LogP contribution in [0.3, 0.4) is 0 Å². The Hall–Kier alpha value is -4.28. The number of hydrogen-bond acceptors (Lipinski definition) is 6. The van der Waals surface area contributed by atoms with Gasteiger partial charge >= 0.3 is 0 Å². The van der Waals surface area contributed by atoms with E-state index in [1.807, 2.05) is 0 Å². The number of halogens is 2. The van der Waals surface area contributed by atoms with Crippen molar-refractivity contribution in [3.8, 4) is 0 Å². The van der Waals surface area contributed by atoms with Gasteiger partial charge in [-0.05, 0) is 31.0 Å². The molecule has 0 saturated carbocycles. The molecule has 0 spiro atoms. The van der Waals surface area contributed by atoms with E-state index in [-0.39, 0.29) is 53.9 Å². The third-order valence-corrected chi connectivity index (χ3v) is 5.89. The number of rotatable bonds is 8. The van der Waals surface area contributed by atoms with Crippen molar-refractivity contribution in [2.45, 2.75) is 51.5 Å². The van der Waals surface area contributed by atoms with Crippen LogP contribution >= 0.6 is 0 Å². The topological polar surface area (TPSA) is 134 Å². The van der Waals surface area contributed by atoms with E-state index in [0.29, 0.717) is 5.56 Å². The number of amides is 4. The van der Waals surface area contributed by atoms with E-state index >= 15 is 0 Å². The van der Waals surface area contributed by atoms with Crippen molar-refractivity contribution < 1.29 is 28.0 Å². The number of carbonyl (C=O) groups excluding carboxylic acids is 4. The van der Waals surface area contributed by atoms with E-state index in [0.717, 1.165) is 4.90 Å². The summed E-state index contributed by atoms with van der Waals surface area (Å²) in [6.45, 7) is 6.70. The maximum Gasteiger partial charge on any atom is 0.273 e. The van der Waals surface area contributed by atoms with E-state index in [4.69, 9.17) is 5.73 Å². The lowest BCUT2D eigenvalue weighted by molar-refractivity contribution is -0.136. The highest BCUT2D eigenvalue weighted by Crippen LogP contribution is 2.32. The second-order valence-corrected chi connectivity index (χ2v) is 8.64. The Morgan fingerprint density at radius 1 is 1.19 bits per heavy atom. The first-order valence-corrected chi connectivity index (χ1v) is 11.6. The van der Waals surface area contributed by atoms with Gasteiger partial charge in [-0.25, -0.2) is 8.78 Å². The zero-order chi connectivity index (χ0) is 27.3. The fraction of sp³-hybridized carbons (Fsp3) is 0.308. The second kappa shape index (κ2) is 11.2. The highest BCUT2D eigenvalue weighted by atomic mass is 19.3. The first-order valence-electron chi connectivity index (χ1n) is 11.6.